The van der Waals surface area contributed by atoms with Gasteiger partial charge in [-0.1, -0.05) is 50.6 Å². The normalized spacial score (nSPS) is 12.1. The molecular formula is C18H20BrN3. The van der Waals surface area contributed by atoms with Crippen LogP contribution in [0.2, 0.25) is 0 Å². The summed E-state index contributed by atoms with van der Waals surface area (Å²) >= 11 is 3.69. The maximum Gasteiger partial charge on any atom is 0.170 e. The largest absolute Gasteiger partial charge is 0.233 e. The summed E-state index contributed by atoms with van der Waals surface area (Å²) in [6, 6.07) is 10.6. The summed E-state index contributed by atoms with van der Waals surface area (Å²) in [7, 11) is 0. The van der Waals surface area contributed by atoms with Gasteiger partial charge in [-0.05, 0) is 35.8 Å². The van der Waals surface area contributed by atoms with Crippen LogP contribution in [0.3, 0.4) is 0 Å². The zero-order valence-corrected chi connectivity index (χ0v) is 15.2. The van der Waals surface area contributed by atoms with Gasteiger partial charge in [0.05, 0.1) is 15.9 Å². The van der Waals surface area contributed by atoms with Crippen LogP contribution in [-0.4, -0.2) is 14.6 Å². The van der Waals surface area contributed by atoms with Gasteiger partial charge in [0, 0.05) is 16.7 Å². The van der Waals surface area contributed by atoms with E-state index in [1.165, 1.54) is 5.56 Å². The summed E-state index contributed by atoms with van der Waals surface area (Å²) in [5.74, 6) is 0. The first-order chi connectivity index (χ1) is 10.3. The standard InChI is InChI=1S/C18H20BrN3/c1-11-6-8-13(9-7-11)14-10-12(2)20-17-15(19)16(18(3,4)5)21-22(14)17/h6-10H,1-5H3. The van der Waals surface area contributed by atoms with E-state index in [2.05, 4.69) is 78.9 Å². The lowest BCUT2D eigenvalue weighted by atomic mass is 9.92. The summed E-state index contributed by atoms with van der Waals surface area (Å²) in [5.41, 5.74) is 6.33. The summed E-state index contributed by atoms with van der Waals surface area (Å²) < 4.78 is 2.93. The maximum atomic E-state index is 4.83. The van der Waals surface area contributed by atoms with E-state index in [-0.39, 0.29) is 5.41 Å². The summed E-state index contributed by atoms with van der Waals surface area (Å²) in [4.78, 5) is 4.67. The zero-order chi connectivity index (χ0) is 16.1. The Kier molecular flexibility index (Phi) is 3.60. The van der Waals surface area contributed by atoms with Crippen molar-refractivity contribution in [2.24, 2.45) is 0 Å². The van der Waals surface area contributed by atoms with Crippen molar-refractivity contribution in [2.75, 3.05) is 0 Å². The molecule has 0 amide bonds. The molecule has 0 unspecified atom stereocenters. The third kappa shape index (κ3) is 2.56. The van der Waals surface area contributed by atoms with Crippen molar-refractivity contribution in [2.45, 2.75) is 40.0 Å². The molecule has 3 aromatic rings. The first-order valence-corrected chi connectivity index (χ1v) is 8.20. The Morgan fingerprint density at radius 1 is 1.05 bits per heavy atom. The molecular weight excluding hydrogens is 338 g/mol. The number of nitrogens with zero attached hydrogens (tertiary/aromatic N) is 3. The highest BCUT2D eigenvalue weighted by molar-refractivity contribution is 9.10. The second-order valence-electron chi connectivity index (χ2n) is 6.80. The Morgan fingerprint density at radius 2 is 1.68 bits per heavy atom. The molecule has 114 valence electrons. The van der Waals surface area contributed by atoms with E-state index in [1.807, 2.05) is 11.4 Å². The molecule has 0 radical (unpaired) electrons. The molecule has 0 aliphatic carbocycles. The average molecular weight is 358 g/mol. The molecule has 0 saturated heterocycles. The van der Waals surface area contributed by atoms with Gasteiger partial charge in [-0.2, -0.15) is 5.10 Å². The first kappa shape index (κ1) is 15.2. The highest BCUT2D eigenvalue weighted by atomic mass is 79.9. The Labute approximate surface area is 139 Å². The van der Waals surface area contributed by atoms with Gasteiger partial charge < -0.3 is 0 Å². The van der Waals surface area contributed by atoms with Gasteiger partial charge in [0.15, 0.2) is 5.65 Å². The topological polar surface area (TPSA) is 30.2 Å². The van der Waals surface area contributed by atoms with Crippen LogP contribution in [0.4, 0.5) is 0 Å². The van der Waals surface area contributed by atoms with Crippen LogP contribution in [-0.2, 0) is 5.41 Å². The van der Waals surface area contributed by atoms with Crippen LogP contribution >= 0.6 is 15.9 Å². The van der Waals surface area contributed by atoms with E-state index in [0.717, 1.165) is 32.8 Å². The molecule has 22 heavy (non-hydrogen) atoms. The monoisotopic (exact) mass is 357 g/mol. The highest BCUT2D eigenvalue weighted by Gasteiger charge is 2.24. The fourth-order valence-electron chi connectivity index (χ4n) is 2.52. The van der Waals surface area contributed by atoms with Crippen molar-refractivity contribution in [3.05, 3.63) is 51.8 Å². The van der Waals surface area contributed by atoms with Crippen LogP contribution in [0.1, 0.15) is 37.7 Å². The molecule has 0 N–H and O–H groups in total. The number of hydrogen-bond acceptors (Lipinski definition) is 2. The van der Waals surface area contributed by atoms with Gasteiger partial charge in [-0.15, -0.1) is 0 Å². The van der Waals surface area contributed by atoms with Gasteiger partial charge >= 0.3 is 0 Å². The first-order valence-electron chi connectivity index (χ1n) is 7.41. The molecule has 0 aliphatic heterocycles. The van der Waals surface area contributed by atoms with Gasteiger partial charge in [0.25, 0.3) is 0 Å². The predicted octanol–water partition coefficient (Wildman–Crippen LogP) is 5.07. The highest BCUT2D eigenvalue weighted by Crippen LogP contribution is 2.33. The second kappa shape index (κ2) is 5.20. The number of aryl methyl sites for hydroxylation is 2. The molecule has 0 atom stereocenters. The minimum absolute atomic E-state index is 0.0367. The van der Waals surface area contributed by atoms with E-state index < -0.39 is 0 Å². The van der Waals surface area contributed by atoms with Crippen LogP contribution in [0.25, 0.3) is 16.9 Å². The number of rotatable bonds is 1. The molecule has 0 fully saturated rings. The average Bonchev–Trinajstić information content (AvgIpc) is 2.76. The fraction of sp³-hybridized carbons (Fsp3) is 0.333. The maximum absolute atomic E-state index is 4.83. The van der Waals surface area contributed by atoms with E-state index in [4.69, 9.17) is 5.10 Å². The molecule has 0 spiro atoms. The Bertz CT molecular complexity index is 839. The third-order valence-corrected chi connectivity index (χ3v) is 4.45. The van der Waals surface area contributed by atoms with Gasteiger partial charge in [0.1, 0.15) is 0 Å². The summed E-state index contributed by atoms with van der Waals surface area (Å²) in [6.45, 7) is 10.6. The summed E-state index contributed by atoms with van der Waals surface area (Å²) in [6.07, 6.45) is 0. The minimum atomic E-state index is -0.0367. The van der Waals surface area contributed by atoms with E-state index in [0.29, 0.717) is 0 Å². The van der Waals surface area contributed by atoms with E-state index in [1.54, 1.807) is 0 Å². The Hall–Kier alpha value is -1.68. The fourth-order valence-corrected chi connectivity index (χ4v) is 3.45. The number of fused-ring (bicyclic) bond motifs is 1. The van der Waals surface area contributed by atoms with Crippen molar-refractivity contribution in [3.63, 3.8) is 0 Å². The van der Waals surface area contributed by atoms with E-state index >= 15 is 0 Å². The van der Waals surface area contributed by atoms with Crippen LogP contribution < -0.4 is 0 Å². The van der Waals surface area contributed by atoms with Gasteiger partial charge in [-0.3, -0.25) is 0 Å². The van der Waals surface area contributed by atoms with Crippen molar-refractivity contribution < 1.29 is 0 Å². The number of hydrogen-bond donors (Lipinski definition) is 0. The lowest BCUT2D eigenvalue weighted by molar-refractivity contribution is 0.560. The molecule has 0 aliphatic rings. The molecule has 3 rings (SSSR count). The Morgan fingerprint density at radius 3 is 2.27 bits per heavy atom. The van der Waals surface area contributed by atoms with Crippen molar-refractivity contribution in [1.29, 1.82) is 0 Å². The molecule has 0 saturated carbocycles. The van der Waals surface area contributed by atoms with Crippen molar-refractivity contribution >= 4 is 21.6 Å². The zero-order valence-electron chi connectivity index (χ0n) is 13.6. The van der Waals surface area contributed by atoms with Gasteiger partial charge in [0.2, 0.25) is 0 Å². The second-order valence-corrected chi connectivity index (χ2v) is 7.59. The van der Waals surface area contributed by atoms with Crippen molar-refractivity contribution in [1.82, 2.24) is 14.6 Å². The molecule has 0 bridgehead atoms. The predicted molar refractivity (Wildman–Crippen MR) is 94.3 cm³/mol. The van der Waals surface area contributed by atoms with Crippen LogP contribution in [0, 0.1) is 13.8 Å². The van der Waals surface area contributed by atoms with Crippen LogP contribution in [0.15, 0.2) is 34.8 Å². The van der Waals surface area contributed by atoms with Gasteiger partial charge in [-0.25, -0.2) is 9.50 Å². The quantitative estimate of drug-likeness (QED) is 0.608. The number of aromatic nitrogens is 3. The van der Waals surface area contributed by atoms with Crippen molar-refractivity contribution in [3.8, 4) is 11.3 Å². The molecule has 2 heterocycles. The SMILES string of the molecule is Cc1ccc(-c2cc(C)nc3c(Br)c(C(C)(C)C)nn23)cc1. The third-order valence-electron chi connectivity index (χ3n) is 3.72. The molecule has 4 heteroatoms. The number of halogens is 1. The minimum Gasteiger partial charge on any atom is -0.233 e. The van der Waals surface area contributed by atoms with Crippen LogP contribution in [0.5, 0.6) is 0 Å². The van der Waals surface area contributed by atoms with E-state index in [9.17, 15) is 0 Å². The molecule has 1 aromatic carbocycles. The molecule has 3 nitrogen and oxygen atoms in total. The summed E-state index contributed by atoms with van der Waals surface area (Å²) in [5, 5.41) is 4.83. The smallest absolute Gasteiger partial charge is 0.170 e. The number of benzene rings is 1. The molecule has 2 aromatic heterocycles. The lowest BCUT2D eigenvalue weighted by Crippen LogP contribution is -2.12. The lowest BCUT2D eigenvalue weighted by Gasteiger charge is -2.15. The Balaban J connectivity index is 2.33.